The van der Waals surface area contributed by atoms with Gasteiger partial charge in [-0.1, -0.05) is 18.4 Å². The molecule has 4 aromatic heterocycles. The molecule has 8 heteroatoms. The number of aromatic nitrogens is 1. The Bertz CT molecular complexity index is 1880. The summed E-state index contributed by atoms with van der Waals surface area (Å²) in [6, 6.07) is 16.4. The van der Waals surface area contributed by atoms with Crippen molar-refractivity contribution < 1.29 is 8.83 Å². The second-order valence-electron chi connectivity index (χ2n) is 9.31. The summed E-state index contributed by atoms with van der Waals surface area (Å²) >= 11 is 1.59. The standard InChI is InChI=1S/C29H21BN4O2S/c1-16(14-31)8-18-10-26-23(30(18)3)12-24(35-26)20-4-5-22(29-21(20)6-7-34(29)33)25-13-28-27(36-25)11-19(37-28)9-17(2)15-32/h4-13H,33H2,1-3H3/b16-8-,17-9-. The number of hydrogen-bond acceptors (Lipinski definition) is 6. The maximum absolute atomic E-state index is 9.13. The van der Waals surface area contributed by atoms with Gasteiger partial charge >= 0.3 is 0 Å². The third kappa shape index (κ3) is 3.71. The van der Waals surface area contributed by atoms with Crippen LogP contribution in [0.25, 0.3) is 56.0 Å². The lowest BCUT2D eigenvalue weighted by Gasteiger charge is -2.07. The maximum Gasteiger partial charge on any atom is 0.211 e. The normalized spacial score (nSPS) is 13.8. The smallest absolute Gasteiger partial charge is 0.211 e. The van der Waals surface area contributed by atoms with E-state index in [0.717, 1.165) is 65.4 Å². The fourth-order valence-electron chi connectivity index (χ4n) is 4.91. The zero-order chi connectivity index (χ0) is 25.8. The van der Waals surface area contributed by atoms with E-state index in [2.05, 4.69) is 25.0 Å². The Hall–Kier alpha value is -4.66. The van der Waals surface area contributed by atoms with E-state index in [9.17, 15) is 0 Å². The molecule has 6 rings (SSSR count). The minimum atomic E-state index is 0.150. The Kier molecular flexibility index (Phi) is 5.22. The summed E-state index contributed by atoms with van der Waals surface area (Å²) in [7, 11) is 0. The number of furan rings is 2. The van der Waals surface area contributed by atoms with E-state index >= 15 is 0 Å². The fourth-order valence-corrected chi connectivity index (χ4v) is 5.93. The van der Waals surface area contributed by atoms with Gasteiger partial charge in [0, 0.05) is 44.8 Å². The zero-order valence-electron chi connectivity index (χ0n) is 20.5. The summed E-state index contributed by atoms with van der Waals surface area (Å²) in [5, 5.41) is 19.2. The van der Waals surface area contributed by atoms with Gasteiger partial charge in [-0.15, -0.1) is 11.3 Å². The molecule has 1 aliphatic rings. The van der Waals surface area contributed by atoms with Crippen LogP contribution >= 0.6 is 11.3 Å². The van der Waals surface area contributed by atoms with Crippen molar-refractivity contribution in [2.45, 2.75) is 20.7 Å². The van der Waals surface area contributed by atoms with Crippen LogP contribution in [0.5, 0.6) is 0 Å². The highest BCUT2D eigenvalue weighted by molar-refractivity contribution is 7.19. The minimum Gasteiger partial charge on any atom is -0.457 e. The molecule has 0 saturated heterocycles. The van der Waals surface area contributed by atoms with Crippen LogP contribution in [-0.2, 0) is 0 Å². The van der Waals surface area contributed by atoms with Gasteiger partial charge in [0.2, 0.25) is 6.71 Å². The van der Waals surface area contributed by atoms with Crippen LogP contribution in [0, 0.1) is 22.7 Å². The predicted octanol–water partition coefficient (Wildman–Crippen LogP) is 6.75. The molecule has 0 unspecified atom stereocenters. The number of thiophene rings is 1. The van der Waals surface area contributed by atoms with Gasteiger partial charge in [0.15, 0.2) is 0 Å². The number of rotatable bonds is 4. The molecule has 1 aliphatic heterocycles. The van der Waals surface area contributed by atoms with Crippen molar-refractivity contribution >= 4 is 56.9 Å². The lowest BCUT2D eigenvalue weighted by molar-refractivity contribution is 0.575. The van der Waals surface area contributed by atoms with Crippen molar-refractivity contribution in [1.29, 1.82) is 10.5 Å². The van der Waals surface area contributed by atoms with Gasteiger partial charge in [-0.25, -0.2) is 0 Å². The number of nitrogens with two attached hydrogens (primary N) is 1. The summed E-state index contributed by atoms with van der Waals surface area (Å²) in [5.74, 6) is 8.70. The highest BCUT2D eigenvalue weighted by atomic mass is 32.1. The highest BCUT2D eigenvalue weighted by Gasteiger charge is 2.28. The number of nitrogens with zero attached hydrogens (tertiary/aromatic N) is 3. The zero-order valence-corrected chi connectivity index (χ0v) is 21.3. The van der Waals surface area contributed by atoms with E-state index in [1.54, 1.807) is 22.9 Å². The Morgan fingerprint density at radius 3 is 2.46 bits per heavy atom. The largest absolute Gasteiger partial charge is 0.457 e. The second-order valence-corrected chi connectivity index (χ2v) is 10.4. The SMILES string of the molecule is CB1C(/C=C(/C)C#N)=Cc2oc(-c3ccc(-c4cc5sc(/C=C(/C)C#N)cc5o4)c4c3ccn4N)cc21. The molecule has 178 valence electrons. The lowest BCUT2D eigenvalue weighted by atomic mass is 9.44. The minimum absolute atomic E-state index is 0.150. The first-order chi connectivity index (χ1) is 17.9. The van der Waals surface area contributed by atoms with Crippen molar-refractivity contribution in [1.82, 2.24) is 4.68 Å². The molecule has 5 heterocycles. The van der Waals surface area contributed by atoms with Gasteiger partial charge in [0.25, 0.3) is 0 Å². The molecule has 0 spiro atoms. The molecular weight excluding hydrogens is 479 g/mol. The van der Waals surface area contributed by atoms with Gasteiger partial charge < -0.3 is 14.7 Å². The van der Waals surface area contributed by atoms with Gasteiger partial charge in [0.05, 0.1) is 22.4 Å². The Morgan fingerprint density at radius 2 is 1.73 bits per heavy atom. The van der Waals surface area contributed by atoms with E-state index in [4.69, 9.17) is 25.2 Å². The van der Waals surface area contributed by atoms with Crippen LogP contribution in [0.3, 0.4) is 0 Å². The lowest BCUT2D eigenvalue weighted by Crippen LogP contribution is -2.24. The van der Waals surface area contributed by atoms with Gasteiger partial charge in [0.1, 0.15) is 22.9 Å². The molecule has 1 aromatic carbocycles. The average molecular weight is 500 g/mol. The van der Waals surface area contributed by atoms with Gasteiger partial charge in [-0.05, 0) is 61.8 Å². The van der Waals surface area contributed by atoms with Crippen molar-refractivity contribution in [2.75, 3.05) is 5.84 Å². The molecular formula is C29H21BN4O2S. The summed E-state index contributed by atoms with van der Waals surface area (Å²) in [6.45, 7) is 5.87. The monoisotopic (exact) mass is 500 g/mol. The van der Waals surface area contributed by atoms with Crippen molar-refractivity contribution in [2.24, 2.45) is 0 Å². The number of fused-ring (bicyclic) bond motifs is 3. The van der Waals surface area contributed by atoms with Crippen LogP contribution in [-0.4, -0.2) is 11.4 Å². The molecule has 0 amide bonds. The predicted molar refractivity (Wildman–Crippen MR) is 151 cm³/mol. The van der Waals surface area contributed by atoms with Crippen molar-refractivity contribution in [3.63, 3.8) is 0 Å². The summed E-state index contributed by atoms with van der Waals surface area (Å²) in [5.41, 5.74) is 7.00. The highest BCUT2D eigenvalue weighted by Crippen LogP contribution is 2.40. The van der Waals surface area contributed by atoms with Crippen LogP contribution in [0.15, 0.2) is 74.1 Å². The first-order valence-corrected chi connectivity index (χ1v) is 12.6. The maximum atomic E-state index is 9.13. The van der Waals surface area contributed by atoms with Gasteiger partial charge in [-0.2, -0.15) is 10.5 Å². The van der Waals surface area contributed by atoms with Crippen LogP contribution < -0.4 is 11.3 Å². The van der Waals surface area contributed by atoms with E-state index in [0.29, 0.717) is 11.1 Å². The molecule has 0 radical (unpaired) electrons. The molecule has 2 N–H and O–H groups in total. The molecule has 0 saturated carbocycles. The first-order valence-electron chi connectivity index (χ1n) is 11.8. The first kappa shape index (κ1) is 22.8. The number of nitriles is 2. The fraction of sp³-hybridized carbons (Fsp3) is 0.103. The molecule has 6 nitrogen and oxygen atoms in total. The summed E-state index contributed by atoms with van der Waals surface area (Å²) in [4.78, 5) is 0.984. The van der Waals surface area contributed by atoms with Crippen molar-refractivity contribution in [3.05, 3.63) is 75.9 Å². The molecule has 0 bridgehead atoms. The number of nitrogen functional groups attached to an aromatic ring is 1. The molecule has 5 aromatic rings. The van der Waals surface area contributed by atoms with E-state index < -0.39 is 0 Å². The van der Waals surface area contributed by atoms with Crippen LogP contribution in [0.4, 0.5) is 0 Å². The number of benzene rings is 1. The van der Waals surface area contributed by atoms with Crippen LogP contribution in [0.1, 0.15) is 24.5 Å². The Morgan fingerprint density at radius 1 is 1.00 bits per heavy atom. The summed E-state index contributed by atoms with van der Waals surface area (Å²) < 4.78 is 15.1. The Labute approximate surface area is 217 Å². The Balaban J connectivity index is 1.41. The molecule has 0 atom stereocenters. The van der Waals surface area contributed by atoms with E-state index in [1.165, 1.54) is 0 Å². The number of allylic oxidation sites excluding steroid dienone is 4. The van der Waals surface area contributed by atoms with E-state index in [-0.39, 0.29) is 6.71 Å². The number of hydrogen-bond donors (Lipinski definition) is 1. The van der Waals surface area contributed by atoms with E-state index in [1.807, 2.05) is 61.7 Å². The van der Waals surface area contributed by atoms with Crippen LogP contribution in [0.2, 0.25) is 6.82 Å². The quantitative estimate of drug-likeness (QED) is 0.167. The third-order valence-corrected chi connectivity index (χ3v) is 7.79. The molecule has 0 fully saturated rings. The molecule has 0 aliphatic carbocycles. The second kappa shape index (κ2) is 8.48. The van der Waals surface area contributed by atoms with Crippen molar-refractivity contribution in [3.8, 4) is 34.8 Å². The average Bonchev–Trinajstić information content (AvgIpc) is 3.68. The topological polar surface area (TPSA) is 105 Å². The summed E-state index contributed by atoms with van der Waals surface area (Å²) in [6.07, 6.45) is 7.63. The third-order valence-electron chi connectivity index (χ3n) is 6.78. The van der Waals surface area contributed by atoms with Gasteiger partial charge in [-0.3, -0.25) is 4.68 Å². The molecule has 37 heavy (non-hydrogen) atoms.